The van der Waals surface area contributed by atoms with Gasteiger partial charge in [-0.1, -0.05) is 18.2 Å². The molecule has 0 radical (unpaired) electrons. The highest BCUT2D eigenvalue weighted by molar-refractivity contribution is 5.99. The van der Waals surface area contributed by atoms with Crippen molar-refractivity contribution in [1.82, 2.24) is 14.8 Å². The van der Waals surface area contributed by atoms with Gasteiger partial charge in [0.1, 0.15) is 0 Å². The van der Waals surface area contributed by atoms with Gasteiger partial charge in [-0.15, -0.1) is 0 Å². The highest BCUT2D eigenvalue weighted by Gasteiger charge is 2.15. The standard InChI is InChI=1S/C29H27N3O4/c1-4-35-26-14-21-12-19(17-33)13-24(25(21)16-27(26)36-5-2)20-10-11-30-28(15-20)32-29(34)23-9-7-6-8-22(23)18(3)31-32/h6-16,33H,4-5,17H2,1-3H3. The van der Waals surface area contributed by atoms with Crippen LogP contribution in [0.1, 0.15) is 25.1 Å². The maximum absolute atomic E-state index is 13.3. The molecule has 3 aromatic carbocycles. The predicted octanol–water partition coefficient (Wildman–Crippen LogP) is 5.20. The molecule has 0 aliphatic rings. The Labute approximate surface area is 208 Å². The summed E-state index contributed by atoms with van der Waals surface area (Å²) in [5.74, 6) is 1.73. The van der Waals surface area contributed by atoms with Crippen LogP contribution in [0.25, 0.3) is 38.5 Å². The Morgan fingerprint density at radius 1 is 0.889 bits per heavy atom. The number of rotatable bonds is 7. The summed E-state index contributed by atoms with van der Waals surface area (Å²) < 4.78 is 13.0. The molecule has 2 heterocycles. The first-order valence-electron chi connectivity index (χ1n) is 12.0. The van der Waals surface area contributed by atoms with Crippen LogP contribution in [-0.4, -0.2) is 33.1 Å². The van der Waals surface area contributed by atoms with E-state index in [9.17, 15) is 9.90 Å². The van der Waals surface area contributed by atoms with Crippen LogP contribution >= 0.6 is 0 Å². The van der Waals surface area contributed by atoms with Crippen molar-refractivity contribution in [2.24, 2.45) is 0 Å². The van der Waals surface area contributed by atoms with Crippen LogP contribution in [0.5, 0.6) is 11.5 Å². The smallest absolute Gasteiger partial charge is 0.280 e. The number of ether oxygens (including phenoxy) is 2. The molecular formula is C29H27N3O4. The first-order valence-corrected chi connectivity index (χ1v) is 12.0. The van der Waals surface area contributed by atoms with E-state index in [0.29, 0.717) is 35.9 Å². The molecule has 0 bridgehead atoms. The molecule has 0 saturated heterocycles. The summed E-state index contributed by atoms with van der Waals surface area (Å²) in [6.07, 6.45) is 1.67. The average molecular weight is 482 g/mol. The molecule has 0 aliphatic heterocycles. The summed E-state index contributed by atoms with van der Waals surface area (Å²) in [4.78, 5) is 17.7. The number of benzene rings is 3. The average Bonchev–Trinajstić information content (AvgIpc) is 2.91. The predicted molar refractivity (Wildman–Crippen MR) is 141 cm³/mol. The van der Waals surface area contributed by atoms with Crippen LogP contribution in [-0.2, 0) is 6.61 Å². The van der Waals surface area contributed by atoms with Crippen LogP contribution in [0.4, 0.5) is 0 Å². The summed E-state index contributed by atoms with van der Waals surface area (Å²) in [5.41, 5.74) is 3.00. The number of fused-ring (bicyclic) bond motifs is 2. The molecule has 0 aliphatic carbocycles. The summed E-state index contributed by atoms with van der Waals surface area (Å²) in [6, 6.07) is 18.9. The number of pyridine rings is 1. The molecule has 1 N–H and O–H groups in total. The van der Waals surface area contributed by atoms with Crippen LogP contribution in [0.3, 0.4) is 0 Å². The molecule has 36 heavy (non-hydrogen) atoms. The lowest BCUT2D eigenvalue weighted by molar-refractivity contribution is 0.282. The fraction of sp³-hybridized carbons (Fsp3) is 0.207. The normalized spacial score (nSPS) is 11.2. The molecule has 7 nitrogen and oxygen atoms in total. The van der Waals surface area contributed by atoms with Gasteiger partial charge in [0.2, 0.25) is 0 Å². The third kappa shape index (κ3) is 4.18. The number of aliphatic hydroxyl groups excluding tert-OH is 1. The summed E-state index contributed by atoms with van der Waals surface area (Å²) >= 11 is 0. The maximum Gasteiger partial charge on any atom is 0.280 e. The lowest BCUT2D eigenvalue weighted by Crippen LogP contribution is -2.23. The van der Waals surface area contributed by atoms with Gasteiger partial charge in [-0.05, 0) is 90.7 Å². The molecule has 7 heteroatoms. The number of hydrogen-bond acceptors (Lipinski definition) is 6. The molecule has 2 aromatic heterocycles. The molecule has 5 rings (SSSR count). The minimum absolute atomic E-state index is 0.108. The van der Waals surface area contributed by atoms with E-state index < -0.39 is 0 Å². The third-order valence-electron chi connectivity index (χ3n) is 6.12. The Hall–Kier alpha value is -4.23. The number of aromatic nitrogens is 3. The molecular weight excluding hydrogens is 454 g/mol. The van der Waals surface area contributed by atoms with Gasteiger partial charge < -0.3 is 14.6 Å². The van der Waals surface area contributed by atoms with E-state index in [1.165, 1.54) is 4.68 Å². The molecule has 0 saturated carbocycles. The van der Waals surface area contributed by atoms with Gasteiger partial charge in [0.25, 0.3) is 5.56 Å². The van der Waals surface area contributed by atoms with Crippen molar-refractivity contribution < 1.29 is 14.6 Å². The van der Waals surface area contributed by atoms with Crippen molar-refractivity contribution in [3.05, 3.63) is 88.5 Å². The van der Waals surface area contributed by atoms with E-state index in [4.69, 9.17) is 9.47 Å². The van der Waals surface area contributed by atoms with Gasteiger partial charge in [0.05, 0.1) is 30.9 Å². The Balaban J connectivity index is 1.72. The molecule has 5 aromatic rings. The van der Waals surface area contributed by atoms with Crippen LogP contribution in [0.15, 0.2) is 71.7 Å². The molecule has 0 atom stereocenters. The minimum Gasteiger partial charge on any atom is -0.490 e. The molecule has 0 fully saturated rings. The van der Waals surface area contributed by atoms with E-state index in [2.05, 4.69) is 10.1 Å². The molecule has 0 unspecified atom stereocenters. The zero-order valence-corrected chi connectivity index (χ0v) is 20.5. The monoisotopic (exact) mass is 481 g/mol. The molecule has 0 amide bonds. The van der Waals surface area contributed by atoms with Crippen LogP contribution in [0, 0.1) is 6.92 Å². The lowest BCUT2D eigenvalue weighted by atomic mass is 9.95. The first-order chi connectivity index (χ1) is 17.5. The zero-order valence-electron chi connectivity index (χ0n) is 20.5. The number of aliphatic hydroxyl groups is 1. The topological polar surface area (TPSA) is 86.5 Å². The van der Waals surface area contributed by atoms with Crippen molar-refractivity contribution in [3.8, 4) is 28.4 Å². The summed E-state index contributed by atoms with van der Waals surface area (Å²) in [6.45, 7) is 6.65. The largest absolute Gasteiger partial charge is 0.490 e. The number of nitrogens with zero attached hydrogens (tertiary/aromatic N) is 3. The second kappa shape index (κ2) is 9.79. The van der Waals surface area contributed by atoms with E-state index in [1.54, 1.807) is 12.3 Å². The first kappa shape index (κ1) is 23.5. The zero-order chi connectivity index (χ0) is 25.2. The lowest BCUT2D eigenvalue weighted by Gasteiger charge is -2.16. The van der Waals surface area contributed by atoms with Crippen molar-refractivity contribution in [2.45, 2.75) is 27.4 Å². The van der Waals surface area contributed by atoms with Crippen molar-refractivity contribution in [1.29, 1.82) is 0 Å². The van der Waals surface area contributed by atoms with Crippen LogP contribution in [0.2, 0.25) is 0 Å². The van der Waals surface area contributed by atoms with E-state index >= 15 is 0 Å². The fourth-order valence-electron chi connectivity index (χ4n) is 4.51. The Morgan fingerprint density at radius 2 is 1.61 bits per heavy atom. The third-order valence-corrected chi connectivity index (χ3v) is 6.12. The van der Waals surface area contributed by atoms with E-state index in [0.717, 1.165) is 38.5 Å². The highest BCUT2D eigenvalue weighted by Crippen LogP contribution is 2.38. The number of hydrogen-bond donors (Lipinski definition) is 1. The summed E-state index contributed by atoms with van der Waals surface area (Å²) in [5, 5.41) is 17.8. The van der Waals surface area contributed by atoms with Gasteiger partial charge in [-0.25, -0.2) is 4.98 Å². The van der Waals surface area contributed by atoms with Gasteiger partial charge in [0, 0.05) is 11.6 Å². The maximum atomic E-state index is 13.3. The Bertz CT molecular complexity index is 1640. The van der Waals surface area contributed by atoms with Crippen molar-refractivity contribution in [3.63, 3.8) is 0 Å². The quantitative estimate of drug-likeness (QED) is 0.344. The van der Waals surface area contributed by atoms with Crippen LogP contribution < -0.4 is 15.0 Å². The van der Waals surface area contributed by atoms with E-state index in [-0.39, 0.29) is 12.2 Å². The summed E-state index contributed by atoms with van der Waals surface area (Å²) in [7, 11) is 0. The van der Waals surface area contributed by atoms with Crippen molar-refractivity contribution >= 4 is 21.5 Å². The van der Waals surface area contributed by atoms with Gasteiger partial charge in [-0.2, -0.15) is 9.78 Å². The Morgan fingerprint density at radius 3 is 2.33 bits per heavy atom. The second-order valence-electron chi connectivity index (χ2n) is 8.44. The molecule has 0 spiro atoms. The van der Waals surface area contributed by atoms with E-state index in [1.807, 2.05) is 75.4 Å². The van der Waals surface area contributed by atoms with Gasteiger partial charge in [-0.3, -0.25) is 4.79 Å². The number of aryl methyl sites for hydroxylation is 1. The van der Waals surface area contributed by atoms with Gasteiger partial charge >= 0.3 is 0 Å². The van der Waals surface area contributed by atoms with Crippen molar-refractivity contribution in [2.75, 3.05) is 13.2 Å². The minimum atomic E-state index is -0.227. The van der Waals surface area contributed by atoms with Gasteiger partial charge in [0.15, 0.2) is 17.3 Å². The second-order valence-corrected chi connectivity index (χ2v) is 8.44. The SMILES string of the molecule is CCOc1cc2cc(CO)cc(-c3ccnc(-n4nc(C)c5ccccc5c4=O)c3)c2cc1OCC. The highest BCUT2D eigenvalue weighted by atomic mass is 16.5. The molecule has 182 valence electrons. The Kier molecular flexibility index (Phi) is 6.40. The fourth-order valence-corrected chi connectivity index (χ4v) is 4.51.